The maximum absolute atomic E-state index is 11.8. The van der Waals surface area contributed by atoms with Gasteiger partial charge in [-0.25, -0.2) is 0 Å². The van der Waals surface area contributed by atoms with E-state index in [1.54, 1.807) is 19.4 Å². The van der Waals surface area contributed by atoms with Gasteiger partial charge in [0.1, 0.15) is 11.5 Å². The lowest BCUT2D eigenvalue weighted by Crippen LogP contribution is -2.02. The van der Waals surface area contributed by atoms with Crippen LogP contribution in [0.15, 0.2) is 64.6 Å². The first-order chi connectivity index (χ1) is 14.1. The third-order valence-corrected chi connectivity index (χ3v) is 5.26. The zero-order valence-electron chi connectivity index (χ0n) is 15.8. The first-order valence-electron chi connectivity index (χ1n) is 9.05. The predicted octanol–water partition coefficient (Wildman–Crippen LogP) is 3.79. The van der Waals surface area contributed by atoms with Crippen LogP contribution in [-0.4, -0.2) is 29.8 Å². The fourth-order valence-electron chi connectivity index (χ4n) is 3.04. The number of carbonyl (C=O) groups is 1. The highest BCUT2D eigenvalue weighted by Gasteiger charge is 2.19. The molecule has 146 valence electrons. The van der Waals surface area contributed by atoms with Crippen molar-refractivity contribution in [2.45, 2.75) is 6.42 Å². The number of thioether (sulfide) groups is 1. The molecular weight excluding hydrogens is 386 g/mol. The number of rotatable bonds is 6. The second kappa shape index (κ2) is 8.36. The molecule has 0 bridgehead atoms. The number of amidine groups is 1. The number of ether oxygens (including phenoxy) is 2. The van der Waals surface area contributed by atoms with E-state index in [1.807, 2.05) is 48.5 Å². The molecule has 29 heavy (non-hydrogen) atoms. The van der Waals surface area contributed by atoms with Gasteiger partial charge < -0.3 is 15.2 Å². The Morgan fingerprint density at radius 2 is 2.07 bits per heavy atom. The number of aromatic nitrogens is 1. The zero-order valence-corrected chi connectivity index (χ0v) is 16.6. The van der Waals surface area contributed by atoms with Crippen LogP contribution in [0.5, 0.6) is 11.5 Å². The van der Waals surface area contributed by atoms with Crippen LogP contribution in [0.4, 0.5) is 0 Å². The number of nitrogens with zero attached hydrogens (tertiary/aromatic N) is 2. The highest BCUT2D eigenvalue weighted by Crippen LogP contribution is 2.29. The summed E-state index contributed by atoms with van der Waals surface area (Å²) in [5, 5.41) is 1.15. The Hall–Kier alpha value is -3.32. The van der Waals surface area contributed by atoms with E-state index >= 15 is 0 Å². The number of pyridine rings is 1. The minimum atomic E-state index is -0.312. The molecule has 2 aromatic carbocycles. The van der Waals surface area contributed by atoms with E-state index in [-0.39, 0.29) is 11.1 Å². The van der Waals surface area contributed by atoms with Crippen molar-refractivity contribution in [2.24, 2.45) is 10.7 Å². The molecule has 0 radical (unpaired) electrons. The summed E-state index contributed by atoms with van der Waals surface area (Å²) in [4.78, 5) is 20.5. The summed E-state index contributed by atoms with van der Waals surface area (Å²) in [6, 6.07) is 15.6. The molecule has 0 unspecified atom stereocenters. The normalized spacial score (nSPS) is 15.0. The predicted molar refractivity (Wildman–Crippen MR) is 116 cm³/mol. The molecule has 0 spiro atoms. The third-order valence-electron chi connectivity index (χ3n) is 4.44. The molecule has 0 atom stereocenters. The van der Waals surface area contributed by atoms with E-state index in [4.69, 9.17) is 15.2 Å². The highest BCUT2D eigenvalue weighted by atomic mass is 32.2. The van der Waals surface area contributed by atoms with E-state index in [1.165, 1.54) is 11.8 Å². The maximum Gasteiger partial charge on any atom is 0.286 e. The lowest BCUT2D eigenvalue weighted by Gasteiger charge is -2.10. The summed E-state index contributed by atoms with van der Waals surface area (Å²) >= 11 is 1.17. The number of methoxy groups -OCH3 is 1. The zero-order chi connectivity index (χ0) is 20.2. The Morgan fingerprint density at radius 1 is 1.17 bits per heavy atom. The molecule has 1 amide bonds. The van der Waals surface area contributed by atoms with Crippen molar-refractivity contribution >= 4 is 39.8 Å². The number of carbonyl (C=O) groups excluding carboxylic acids is 1. The van der Waals surface area contributed by atoms with Crippen molar-refractivity contribution in [3.05, 3.63) is 70.8 Å². The molecule has 0 saturated heterocycles. The minimum absolute atomic E-state index is 0.269. The van der Waals surface area contributed by atoms with Crippen LogP contribution in [0.25, 0.3) is 17.0 Å². The number of hydrogen-bond donors (Lipinski definition) is 1. The van der Waals surface area contributed by atoms with Crippen LogP contribution >= 0.6 is 11.8 Å². The molecule has 2 heterocycles. The summed E-state index contributed by atoms with van der Waals surface area (Å²) in [5.41, 5.74) is 8.45. The molecule has 0 fully saturated rings. The van der Waals surface area contributed by atoms with Gasteiger partial charge >= 0.3 is 0 Å². The largest absolute Gasteiger partial charge is 0.497 e. The van der Waals surface area contributed by atoms with Crippen molar-refractivity contribution in [1.82, 2.24) is 4.98 Å². The highest BCUT2D eigenvalue weighted by molar-refractivity contribution is 8.18. The Balaban J connectivity index is 1.53. The molecule has 1 aliphatic heterocycles. The second-order valence-electron chi connectivity index (χ2n) is 6.40. The lowest BCUT2D eigenvalue weighted by atomic mass is 10.1. The quantitative estimate of drug-likeness (QED) is 0.628. The maximum atomic E-state index is 11.8. The van der Waals surface area contributed by atoms with Crippen molar-refractivity contribution in [1.29, 1.82) is 0 Å². The van der Waals surface area contributed by atoms with Crippen molar-refractivity contribution < 1.29 is 14.3 Å². The van der Waals surface area contributed by atoms with Gasteiger partial charge in [0.05, 0.1) is 24.1 Å². The van der Waals surface area contributed by atoms with Gasteiger partial charge in [-0.15, -0.1) is 0 Å². The number of fused-ring (bicyclic) bond motifs is 1. The first kappa shape index (κ1) is 19.0. The Bertz CT molecular complexity index is 1140. The van der Waals surface area contributed by atoms with Crippen LogP contribution in [-0.2, 0) is 11.2 Å². The third kappa shape index (κ3) is 4.41. The molecule has 1 aliphatic rings. The fraction of sp³-hybridized carbons (Fsp3) is 0.136. The Labute approximate surface area is 172 Å². The molecule has 0 saturated carbocycles. The van der Waals surface area contributed by atoms with Crippen LogP contribution in [0.3, 0.4) is 0 Å². The van der Waals surface area contributed by atoms with Gasteiger partial charge in [-0.3, -0.25) is 9.78 Å². The minimum Gasteiger partial charge on any atom is -0.497 e. The molecular formula is C22H19N3O3S. The van der Waals surface area contributed by atoms with Gasteiger partial charge in [-0.1, -0.05) is 18.2 Å². The van der Waals surface area contributed by atoms with E-state index < -0.39 is 0 Å². The second-order valence-corrected chi connectivity index (χ2v) is 7.46. The summed E-state index contributed by atoms with van der Waals surface area (Å²) in [6.07, 6.45) is 4.27. The molecule has 6 nitrogen and oxygen atoms in total. The van der Waals surface area contributed by atoms with Crippen LogP contribution in [0, 0.1) is 0 Å². The van der Waals surface area contributed by atoms with E-state index in [0.29, 0.717) is 11.5 Å². The molecule has 0 aliphatic carbocycles. The summed E-state index contributed by atoms with van der Waals surface area (Å²) in [6.45, 7) is 0.524. The standard InChI is InChI=1S/C22H19N3O3S/c1-27-16-4-2-3-14(11-16)8-10-28-19-7-9-24-18-6-5-15(12-17(18)19)13-20-21(26)25-22(23)29-20/h2-7,9,11-13H,8,10H2,1H3,(H2,23,25,26). The van der Waals surface area contributed by atoms with Crippen molar-refractivity contribution in [3.8, 4) is 11.5 Å². The number of benzene rings is 2. The van der Waals surface area contributed by atoms with Gasteiger partial charge in [-0.05, 0) is 59.3 Å². The van der Waals surface area contributed by atoms with Gasteiger partial charge in [-0.2, -0.15) is 4.99 Å². The summed E-state index contributed by atoms with van der Waals surface area (Å²) in [5.74, 6) is 1.27. The summed E-state index contributed by atoms with van der Waals surface area (Å²) in [7, 11) is 1.66. The Kier molecular flexibility index (Phi) is 5.48. The van der Waals surface area contributed by atoms with Crippen LogP contribution in [0.1, 0.15) is 11.1 Å². The van der Waals surface area contributed by atoms with Crippen molar-refractivity contribution in [3.63, 3.8) is 0 Å². The van der Waals surface area contributed by atoms with Crippen LogP contribution in [0.2, 0.25) is 0 Å². The van der Waals surface area contributed by atoms with E-state index in [9.17, 15) is 4.79 Å². The monoisotopic (exact) mass is 405 g/mol. The van der Waals surface area contributed by atoms with E-state index in [2.05, 4.69) is 9.98 Å². The van der Waals surface area contributed by atoms with E-state index in [0.717, 1.165) is 39.9 Å². The first-order valence-corrected chi connectivity index (χ1v) is 9.86. The number of hydrogen-bond acceptors (Lipinski definition) is 6. The molecule has 7 heteroatoms. The van der Waals surface area contributed by atoms with Gasteiger partial charge in [0, 0.05) is 18.0 Å². The average molecular weight is 405 g/mol. The topological polar surface area (TPSA) is 86.8 Å². The number of amides is 1. The SMILES string of the molecule is COc1cccc(CCOc2ccnc3ccc(C=C4SC(N)=NC4=O)cc23)c1. The average Bonchev–Trinajstić information content (AvgIpc) is 3.05. The van der Waals surface area contributed by atoms with Gasteiger partial charge in [0.15, 0.2) is 5.17 Å². The van der Waals surface area contributed by atoms with Gasteiger partial charge in [0.25, 0.3) is 5.91 Å². The molecule has 2 N–H and O–H groups in total. The summed E-state index contributed by atoms with van der Waals surface area (Å²) < 4.78 is 11.3. The molecule has 4 rings (SSSR count). The van der Waals surface area contributed by atoms with Crippen LogP contribution < -0.4 is 15.2 Å². The smallest absolute Gasteiger partial charge is 0.286 e. The fourth-order valence-corrected chi connectivity index (χ4v) is 3.72. The Morgan fingerprint density at radius 3 is 2.86 bits per heavy atom. The molecule has 1 aromatic heterocycles. The molecule has 3 aromatic rings. The van der Waals surface area contributed by atoms with Crippen molar-refractivity contribution in [2.75, 3.05) is 13.7 Å². The van der Waals surface area contributed by atoms with Gasteiger partial charge in [0.2, 0.25) is 0 Å². The lowest BCUT2D eigenvalue weighted by molar-refractivity contribution is -0.113. The number of aliphatic imine (C=N–C) groups is 1. The number of nitrogens with two attached hydrogens (primary N) is 1.